The Kier molecular flexibility index (Phi) is 11.4. The van der Waals surface area contributed by atoms with Gasteiger partial charge in [0, 0.05) is 24.0 Å². The summed E-state index contributed by atoms with van der Waals surface area (Å²) in [5, 5.41) is 3.48. The first-order chi connectivity index (χ1) is 23.1. The number of nitrogens with zero attached hydrogens (tertiary/aromatic N) is 2. The lowest BCUT2D eigenvalue weighted by Crippen LogP contribution is -2.54. The van der Waals surface area contributed by atoms with Crippen molar-refractivity contribution in [2.75, 3.05) is 18.0 Å². The maximum absolute atomic E-state index is 14.8. The molecule has 0 bridgehead atoms. The van der Waals surface area contributed by atoms with Crippen molar-refractivity contribution in [2.45, 2.75) is 69.5 Å². The molecule has 4 aromatic carbocycles. The summed E-state index contributed by atoms with van der Waals surface area (Å²) in [5.41, 5.74) is 3.69. The van der Waals surface area contributed by atoms with Crippen LogP contribution in [-0.4, -0.2) is 50.9 Å². The summed E-state index contributed by atoms with van der Waals surface area (Å²) >= 11 is 6.40. The van der Waals surface area contributed by atoms with Crippen molar-refractivity contribution >= 4 is 39.1 Å². The number of amides is 2. The molecule has 48 heavy (non-hydrogen) atoms. The molecule has 8 nitrogen and oxygen atoms in total. The highest BCUT2D eigenvalue weighted by molar-refractivity contribution is 7.92. The molecule has 1 atom stereocenters. The summed E-state index contributed by atoms with van der Waals surface area (Å²) in [5.74, 6) is -0.576. The zero-order chi connectivity index (χ0) is 34.3. The number of hydrogen-bond donors (Lipinski definition) is 1. The molecule has 5 rings (SSSR count). The van der Waals surface area contributed by atoms with E-state index >= 15 is 0 Å². The first kappa shape index (κ1) is 35.0. The van der Waals surface area contributed by atoms with E-state index in [4.69, 9.17) is 16.3 Å². The van der Waals surface area contributed by atoms with Crippen molar-refractivity contribution in [3.05, 3.63) is 124 Å². The van der Waals surface area contributed by atoms with E-state index in [1.165, 1.54) is 30.2 Å². The van der Waals surface area contributed by atoms with Crippen LogP contribution in [0.15, 0.2) is 102 Å². The van der Waals surface area contributed by atoms with Crippen LogP contribution in [0.5, 0.6) is 5.75 Å². The Balaban J connectivity index is 1.61. The van der Waals surface area contributed by atoms with Crippen molar-refractivity contribution in [1.82, 2.24) is 10.2 Å². The van der Waals surface area contributed by atoms with Gasteiger partial charge in [-0.05, 0) is 73.7 Å². The average molecular weight is 688 g/mol. The molecule has 4 aromatic rings. The molecule has 0 aromatic heterocycles. The van der Waals surface area contributed by atoms with Crippen LogP contribution in [0.3, 0.4) is 0 Å². The highest BCUT2D eigenvalue weighted by Crippen LogP contribution is 2.35. The smallest absolute Gasteiger partial charge is 0.264 e. The van der Waals surface area contributed by atoms with Gasteiger partial charge in [-0.25, -0.2) is 8.42 Å². The second-order valence-corrected chi connectivity index (χ2v) is 14.6. The standard InChI is InChI=1S/C38H42ClN3O5S/c1-27-17-20-33(21-18-27)48(45,46)42(34-24-31(39)19-22-36(34)47-3)26-37(43)41(25-30-14-8-7-11-28(30)2)35(23-29-12-5-4-6-13-29)38(44)40-32-15-9-10-16-32/h4-8,11-14,17-22,24,32,35H,9-10,15-16,23,25-26H2,1-3H3,(H,40,44). The molecule has 1 aliphatic rings. The summed E-state index contributed by atoms with van der Waals surface area (Å²) in [6.07, 6.45) is 4.09. The number of carbonyl (C=O) groups is 2. The van der Waals surface area contributed by atoms with E-state index in [2.05, 4.69) is 5.32 Å². The number of hydrogen-bond acceptors (Lipinski definition) is 5. The van der Waals surface area contributed by atoms with Gasteiger partial charge in [0.1, 0.15) is 18.3 Å². The van der Waals surface area contributed by atoms with Crippen molar-refractivity contribution in [2.24, 2.45) is 0 Å². The number of benzene rings is 4. The number of rotatable bonds is 13. The molecule has 2 amide bonds. The lowest BCUT2D eigenvalue weighted by atomic mass is 10.0. The summed E-state index contributed by atoms with van der Waals surface area (Å²) in [4.78, 5) is 30.5. The van der Waals surface area contributed by atoms with E-state index in [0.717, 1.165) is 52.2 Å². The van der Waals surface area contributed by atoms with Crippen LogP contribution in [0, 0.1) is 13.8 Å². The van der Waals surface area contributed by atoms with Gasteiger partial charge < -0.3 is 15.0 Å². The molecular formula is C38H42ClN3O5S. The van der Waals surface area contributed by atoms with Gasteiger partial charge in [0.2, 0.25) is 11.8 Å². The second kappa shape index (κ2) is 15.7. The number of anilines is 1. The van der Waals surface area contributed by atoms with Crippen LogP contribution >= 0.6 is 11.6 Å². The summed E-state index contributed by atoms with van der Waals surface area (Å²) in [6, 6.07) is 27.4. The molecule has 0 heterocycles. The lowest BCUT2D eigenvalue weighted by molar-refractivity contribution is -0.140. The number of halogens is 1. The highest BCUT2D eigenvalue weighted by Gasteiger charge is 2.36. The normalized spacial score (nSPS) is 13.9. The predicted octanol–water partition coefficient (Wildman–Crippen LogP) is 6.86. The van der Waals surface area contributed by atoms with Crippen LogP contribution in [0.2, 0.25) is 5.02 Å². The number of aryl methyl sites for hydroxylation is 2. The number of ether oxygens (including phenoxy) is 1. The largest absolute Gasteiger partial charge is 0.495 e. The fraction of sp³-hybridized carbons (Fsp3) is 0.316. The lowest BCUT2D eigenvalue weighted by Gasteiger charge is -2.35. The molecule has 1 fully saturated rings. The van der Waals surface area contributed by atoms with Gasteiger partial charge in [0.15, 0.2) is 0 Å². The fourth-order valence-electron chi connectivity index (χ4n) is 6.10. The van der Waals surface area contributed by atoms with Gasteiger partial charge >= 0.3 is 0 Å². The van der Waals surface area contributed by atoms with Gasteiger partial charge in [-0.2, -0.15) is 0 Å². The molecule has 1 saturated carbocycles. The fourth-order valence-corrected chi connectivity index (χ4v) is 7.68. The third-order valence-corrected chi connectivity index (χ3v) is 10.9. The zero-order valence-corrected chi connectivity index (χ0v) is 29.1. The molecule has 1 aliphatic carbocycles. The second-order valence-electron chi connectivity index (χ2n) is 12.3. The minimum absolute atomic E-state index is 0.00759. The van der Waals surface area contributed by atoms with E-state index in [9.17, 15) is 18.0 Å². The number of methoxy groups -OCH3 is 1. The predicted molar refractivity (Wildman–Crippen MR) is 190 cm³/mol. The van der Waals surface area contributed by atoms with E-state index in [0.29, 0.717) is 0 Å². The molecule has 1 unspecified atom stereocenters. The average Bonchev–Trinajstić information content (AvgIpc) is 3.59. The minimum atomic E-state index is -4.31. The Hall–Kier alpha value is -4.34. The van der Waals surface area contributed by atoms with Crippen LogP contribution in [0.25, 0.3) is 0 Å². The molecule has 10 heteroatoms. The molecule has 0 aliphatic heterocycles. The van der Waals surface area contributed by atoms with Crippen LogP contribution in [-0.2, 0) is 32.6 Å². The Morgan fingerprint density at radius 1 is 0.917 bits per heavy atom. The third kappa shape index (κ3) is 8.38. The van der Waals surface area contributed by atoms with Gasteiger partial charge in [0.05, 0.1) is 17.7 Å². The summed E-state index contributed by atoms with van der Waals surface area (Å²) < 4.78 is 35.4. The van der Waals surface area contributed by atoms with E-state index in [-0.39, 0.29) is 46.3 Å². The SMILES string of the molecule is COc1ccc(Cl)cc1N(CC(=O)N(Cc1ccccc1C)C(Cc1ccccc1)C(=O)NC1CCCC1)S(=O)(=O)c1ccc(C)cc1. The van der Waals surface area contributed by atoms with Gasteiger partial charge in [-0.3, -0.25) is 13.9 Å². The van der Waals surface area contributed by atoms with E-state index in [1.54, 1.807) is 24.3 Å². The van der Waals surface area contributed by atoms with Crippen LogP contribution in [0.4, 0.5) is 5.69 Å². The van der Waals surface area contributed by atoms with Crippen molar-refractivity contribution in [3.63, 3.8) is 0 Å². The topological polar surface area (TPSA) is 96.0 Å². The Morgan fingerprint density at radius 2 is 1.58 bits per heavy atom. The first-order valence-corrected chi connectivity index (χ1v) is 18.0. The maximum atomic E-state index is 14.8. The Morgan fingerprint density at radius 3 is 2.25 bits per heavy atom. The summed E-state index contributed by atoms with van der Waals surface area (Å²) in [7, 11) is -2.88. The maximum Gasteiger partial charge on any atom is 0.264 e. The van der Waals surface area contributed by atoms with Gasteiger partial charge in [0.25, 0.3) is 10.0 Å². The Bertz CT molecular complexity index is 1830. The number of carbonyl (C=O) groups excluding carboxylic acids is 2. The molecule has 1 N–H and O–H groups in total. The minimum Gasteiger partial charge on any atom is -0.495 e. The van der Waals surface area contributed by atoms with Gasteiger partial charge in [-0.15, -0.1) is 0 Å². The van der Waals surface area contributed by atoms with E-state index in [1.807, 2.05) is 68.4 Å². The molecular weight excluding hydrogens is 646 g/mol. The monoisotopic (exact) mass is 687 g/mol. The molecule has 0 spiro atoms. The Labute approximate surface area is 288 Å². The zero-order valence-electron chi connectivity index (χ0n) is 27.6. The highest BCUT2D eigenvalue weighted by atomic mass is 35.5. The molecule has 252 valence electrons. The molecule has 0 saturated heterocycles. The van der Waals surface area contributed by atoms with E-state index < -0.39 is 28.5 Å². The third-order valence-electron chi connectivity index (χ3n) is 8.87. The van der Waals surface area contributed by atoms with Crippen molar-refractivity contribution in [1.29, 1.82) is 0 Å². The van der Waals surface area contributed by atoms with Crippen LogP contribution < -0.4 is 14.4 Å². The number of sulfonamides is 1. The quantitative estimate of drug-likeness (QED) is 0.166. The van der Waals surface area contributed by atoms with Crippen molar-refractivity contribution in [3.8, 4) is 5.75 Å². The number of nitrogens with one attached hydrogen (secondary N) is 1. The van der Waals surface area contributed by atoms with Crippen LogP contribution in [0.1, 0.15) is 47.9 Å². The molecule has 0 radical (unpaired) electrons. The first-order valence-electron chi connectivity index (χ1n) is 16.2. The summed E-state index contributed by atoms with van der Waals surface area (Å²) in [6.45, 7) is 3.32. The van der Waals surface area contributed by atoms with Gasteiger partial charge in [-0.1, -0.05) is 96.7 Å². The van der Waals surface area contributed by atoms with Crippen molar-refractivity contribution < 1.29 is 22.7 Å².